The second-order valence-corrected chi connectivity index (χ2v) is 5.88. The molecule has 0 saturated carbocycles. The summed E-state index contributed by atoms with van der Waals surface area (Å²) in [5.74, 6) is 0.293. The van der Waals surface area contributed by atoms with E-state index in [9.17, 15) is 4.79 Å². The highest BCUT2D eigenvalue weighted by Gasteiger charge is 2.31. The number of benzene rings is 1. The zero-order valence-corrected chi connectivity index (χ0v) is 12.0. The standard InChI is InChI=1S/C15H22O3/c1-14(2,3)11-8-7-9-12(10-11)18-15(4,5)13(16)17-6/h7-10H,1-6H3. The van der Waals surface area contributed by atoms with E-state index >= 15 is 0 Å². The van der Waals surface area contributed by atoms with E-state index in [4.69, 9.17) is 9.47 Å². The van der Waals surface area contributed by atoms with Crippen molar-refractivity contribution in [1.82, 2.24) is 0 Å². The van der Waals surface area contributed by atoms with Gasteiger partial charge in [-0.05, 0) is 37.0 Å². The molecule has 0 N–H and O–H groups in total. The summed E-state index contributed by atoms with van der Waals surface area (Å²) in [6, 6.07) is 7.80. The molecule has 3 nitrogen and oxygen atoms in total. The second-order valence-electron chi connectivity index (χ2n) is 5.88. The maximum atomic E-state index is 11.6. The summed E-state index contributed by atoms with van der Waals surface area (Å²) in [7, 11) is 1.36. The van der Waals surface area contributed by atoms with Crippen LogP contribution in [0.5, 0.6) is 5.75 Å². The van der Waals surface area contributed by atoms with E-state index in [2.05, 4.69) is 26.8 Å². The lowest BCUT2D eigenvalue weighted by molar-refractivity contribution is -0.156. The van der Waals surface area contributed by atoms with Crippen LogP contribution in [0.25, 0.3) is 0 Å². The number of methoxy groups -OCH3 is 1. The second kappa shape index (κ2) is 5.01. The molecule has 0 fully saturated rings. The molecule has 0 aromatic heterocycles. The molecule has 0 spiro atoms. The molecule has 1 rings (SSSR count). The third-order valence-corrected chi connectivity index (χ3v) is 2.75. The zero-order chi connectivity index (χ0) is 14.0. The van der Waals surface area contributed by atoms with Crippen LogP contribution in [0.2, 0.25) is 0 Å². The molecule has 100 valence electrons. The van der Waals surface area contributed by atoms with Gasteiger partial charge in [-0.25, -0.2) is 4.79 Å². The maximum Gasteiger partial charge on any atom is 0.349 e. The fourth-order valence-electron chi connectivity index (χ4n) is 1.61. The van der Waals surface area contributed by atoms with Crippen LogP contribution in [0.1, 0.15) is 40.2 Å². The Bertz CT molecular complexity index is 428. The van der Waals surface area contributed by atoms with E-state index in [1.54, 1.807) is 13.8 Å². The smallest absolute Gasteiger partial charge is 0.349 e. The van der Waals surface area contributed by atoms with Gasteiger partial charge in [0.05, 0.1) is 7.11 Å². The van der Waals surface area contributed by atoms with Crippen molar-refractivity contribution in [3.63, 3.8) is 0 Å². The third kappa shape index (κ3) is 3.49. The van der Waals surface area contributed by atoms with Gasteiger partial charge in [-0.3, -0.25) is 0 Å². The molecule has 0 atom stereocenters. The van der Waals surface area contributed by atoms with Crippen molar-refractivity contribution in [1.29, 1.82) is 0 Å². The van der Waals surface area contributed by atoms with Gasteiger partial charge in [0.2, 0.25) is 0 Å². The SMILES string of the molecule is COC(=O)C(C)(C)Oc1cccc(C(C)(C)C)c1. The van der Waals surface area contributed by atoms with E-state index in [0.717, 1.165) is 0 Å². The topological polar surface area (TPSA) is 35.5 Å². The van der Waals surface area contributed by atoms with Crippen LogP contribution in [0, 0.1) is 0 Å². The van der Waals surface area contributed by atoms with Gasteiger partial charge < -0.3 is 9.47 Å². The highest BCUT2D eigenvalue weighted by Crippen LogP contribution is 2.27. The van der Waals surface area contributed by atoms with Crippen molar-refractivity contribution in [2.75, 3.05) is 7.11 Å². The first-order valence-corrected chi connectivity index (χ1v) is 6.05. The summed E-state index contributed by atoms with van der Waals surface area (Å²) in [5, 5.41) is 0. The molecule has 0 bridgehead atoms. The molecule has 0 saturated heterocycles. The number of hydrogen-bond acceptors (Lipinski definition) is 3. The van der Waals surface area contributed by atoms with Crippen molar-refractivity contribution in [2.24, 2.45) is 0 Å². The van der Waals surface area contributed by atoms with Crippen LogP contribution in [0.4, 0.5) is 0 Å². The fraction of sp³-hybridized carbons (Fsp3) is 0.533. The highest BCUT2D eigenvalue weighted by molar-refractivity contribution is 5.78. The van der Waals surface area contributed by atoms with Gasteiger partial charge >= 0.3 is 5.97 Å². The van der Waals surface area contributed by atoms with Gasteiger partial charge in [0.1, 0.15) is 5.75 Å². The van der Waals surface area contributed by atoms with Crippen LogP contribution in [0.3, 0.4) is 0 Å². The minimum absolute atomic E-state index is 0.0504. The fourth-order valence-corrected chi connectivity index (χ4v) is 1.61. The first kappa shape index (κ1) is 14.6. The predicted molar refractivity (Wildman–Crippen MR) is 71.9 cm³/mol. The van der Waals surface area contributed by atoms with Gasteiger partial charge in [-0.1, -0.05) is 32.9 Å². The molecule has 0 radical (unpaired) electrons. The number of esters is 1. The molecule has 0 aliphatic heterocycles. The molecule has 0 aliphatic carbocycles. The Hall–Kier alpha value is -1.51. The molecular formula is C15H22O3. The zero-order valence-electron chi connectivity index (χ0n) is 12.0. The van der Waals surface area contributed by atoms with E-state index < -0.39 is 5.60 Å². The van der Waals surface area contributed by atoms with Crippen molar-refractivity contribution < 1.29 is 14.3 Å². The molecule has 0 unspecified atom stereocenters. The summed E-state index contributed by atoms with van der Waals surface area (Å²) < 4.78 is 10.4. The maximum absolute atomic E-state index is 11.6. The lowest BCUT2D eigenvalue weighted by Crippen LogP contribution is -2.39. The number of rotatable bonds is 3. The number of carbonyl (C=O) groups excluding carboxylic acids is 1. The minimum atomic E-state index is -0.981. The Kier molecular flexibility index (Phi) is 4.05. The molecule has 0 amide bonds. The first-order chi connectivity index (χ1) is 8.16. The predicted octanol–water partition coefficient (Wildman–Crippen LogP) is 3.31. The number of hydrogen-bond donors (Lipinski definition) is 0. The van der Waals surface area contributed by atoms with Crippen LogP contribution >= 0.6 is 0 Å². The van der Waals surface area contributed by atoms with Crippen LogP contribution in [-0.4, -0.2) is 18.7 Å². The van der Waals surface area contributed by atoms with Crippen LogP contribution in [-0.2, 0) is 14.9 Å². The average molecular weight is 250 g/mol. The summed E-state index contributed by atoms with van der Waals surface area (Å²) in [6.45, 7) is 9.80. The molecule has 3 heteroatoms. The lowest BCUT2D eigenvalue weighted by atomic mass is 9.87. The molecule has 1 aromatic rings. The molecule has 18 heavy (non-hydrogen) atoms. The molecular weight excluding hydrogens is 228 g/mol. The Morgan fingerprint density at radius 2 is 1.72 bits per heavy atom. The number of carbonyl (C=O) groups is 1. The average Bonchev–Trinajstić information content (AvgIpc) is 2.26. The van der Waals surface area contributed by atoms with Crippen molar-refractivity contribution in [2.45, 2.75) is 45.6 Å². The van der Waals surface area contributed by atoms with Gasteiger partial charge in [-0.15, -0.1) is 0 Å². The van der Waals surface area contributed by atoms with E-state index in [0.29, 0.717) is 5.75 Å². The van der Waals surface area contributed by atoms with E-state index in [-0.39, 0.29) is 11.4 Å². The van der Waals surface area contributed by atoms with Gasteiger partial charge in [0, 0.05) is 0 Å². The minimum Gasteiger partial charge on any atom is -0.476 e. The third-order valence-electron chi connectivity index (χ3n) is 2.75. The summed E-state index contributed by atoms with van der Waals surface area (Å²) in [4.78, 5) is 11.6. The van der Waals surface area contributed by atoms with Crippen molar-refractivity contribution >= 4 is 5.97 Å². The Morgan fingerprint density at radius 3 is 2.22 bits per heavy atom. The van der Waals surface area contributed by atoms with Gasteiger partial charge in [0.15, 0.2) is 5.60 Å². The summed E-state index contributed by atoms with van der Waals surface area (Å²) in [5.41, 5.74) is 0.237. The monoisotopic (exact) mass is 250 g/mol. The Labute approximate surface area is 109 Å². The van der Waals surface area contributed by atoms with E-state index in [1.165, 1.54) is 12.7 Å². The number of ether oxygens (including phenoxy) is 2. The molecule has 0 heterocycles. The van der Waals surface area contributed by atoms with E-state index in [1.807, 2.05) is 18.2 Å². The normalized spacial score (nSPS) is 12.1. The molecule has 1 aromatic carbocycles. The Morgan fingerprint density at radius 1 is 1.11 bits per heavy atom. The first-order valence-electron chi connectivity index (χ1n) is 6.05. The molecule has 0 aliphatic rings. The van der Waals surface area contributed by atoms with Crippen molar-refractivity contribution in [3.05, 3.63) is 29.8 Å². The van der Waals surface area contributed by atoms with Crippen LogP contribution < -0.4 is 4.74 Å². The van der Waals surface area contributed by atoms with Crippen LogP contribution in [0.15, 0.2) is 24.3 Å². The lowest BCUT2D eigenvalue weighted by Gasteiger charge is -2.25. The van der Waals surface area contributed by atoms with Gasteiger partial charge in [0.25, 0.3) is 0 Å². The Balaban J connectivity index is 2.96. The largest absolute Gasteiger partial charge is 0.476 e. The summed E-state index contributed by atoms with van der Waals surface area (Å²) in [6.07, 6.45) is 0. The highest BCUT2D eigenvalue weighted by atomic mass is 16.6. The van der Waals surface area contributed by atoms with Gasteiger partial charge in [-0.2, -0.15) is 0 Å². The van der Waals surface area contributed by atoms with Crippen molar-refractivity contribution in [3.8, 4) is 5.75 Å². The summed E-state index contributed by atoms with van der Waals surface area (Å²) >= 11 is 0. The quantitative estimate of drug-likeness (QED) is 0.772.